The second kappa shape index (κ2) is 6.25. The van der Waals surface area contributed by atoms with Crippen molar-refractivity contribution in [3.63, 3.8) is 0 Å². The van der Waals surface area contributed by atoms with Crippen LogP contribution in [0.25, 0.3) is 0 Å². The molecule has 1 aromatic carbocycles. The van der Waals surface area contributed by atoms with Crippen LogP contribution in [0.2, 0.25) is 0 Å². The molecule has 6 nitrogen and oxygen atoms in total. The Morgan fingerprint density at radius 3 is 2.67 bits per heavy atom. The average Bonchev–Trinajstić information content (AvgIpc) is 2.39. The number of ether oxygens (including phenoxy) is 1. The molecule has 0 bridgehead atoms. The van der Waals surface area contributed by atoms with Crippen molar-refractivity contribution in [3.05, 3.63) is 29.8 Å². The van der Waals surface area contributed by atoms with E-state index in [1.165, 1.54) is 14.0 Å². The number of hydrogen-bond donors (Lipinski definition) is 2. The van der Waals surface area contributed by atoms with Gasteiger partial charge in [-0.2, -0.15) is 5.26 Å². The third-order valence-electron chi connectivity index (χ3n) is 2.14. The van der Waals surface area contributed by atoms with E-state index >= 15 is 0 Å². The summed E-state index contributed by atoms with van der Waals surface area (Å²) in [5.41, 5.74) is 0.331. The van der Waals surface area contributed by atoms with Gasteiger partial charge in [-0.25, -0.2) is 4.79 Å². The normalized spacial score (nSPS) is 10.9. The number of nitriles is 1. The summed E-state index contributed by atoms with van der Waals surface area (Å²) in [5.74, 6) is -0.276. The van der Waals surface area contributed by atoms with Crippen molar-refractivity contribution in [1.82, 2.24) is 10.6 Å². The molecule has 3 amide bonds. The van der Waals surface area contributed by atoms with E-state index < -0.39 is 18.0 Å². The van der Waals surface area contributed by atoms with Crippen molar-refractivity contribution >= 4 is 11.9 Å². The van der Waals surface area contributed by atoms with Gasteiger partial charge >= 0.3 is 6.03 Å². The molecular weight excluding hydrogens is 234 g/mol. The van der Waals surface area contributed by atoms with Crippen molar-refractivity contribution in [2.75, 3.05) is 7.05 Å². The maximum absolute atomic E-state index is 11.5. The van der Waals surface area contributed by atoms with E-state index in [2.05, 4.69) is 10.6 Å². The van der Waals surface area contributed by atoms with Gasteiger partial charge in [0.1, 0.15) is 11.8 Å². The maximum Gasteiger partial charge on any atom is 0.321 e. The van der Waals surface area contributed by atoms with Gasteiger partial charge in [0.05, 0.1) is 5.56 Å². The van der Waals surface area contributed by atoms with Crippen molar-refractivity contribution < 1.29 is 14.3 Å². The number of benzene rings is 1. The van der Waals surface area contributed by atoms with E-state index in [1.54, 1.807) is 24.3 Å². The van der Waals surface area contributed by atoms with Crippen LogP contribution in [-0.4, -0.2) is 25.1 Å². The highest BCUT2D eigenvalue weighted by Gasteiger charge is 2.17. The number of urea groups is 1. The molecule has 94 valence electrons. The van der Waals surface area contributed by atoms with Crippen molar-refractivity contribution in [2.45, 2.75) is 13.0 Å². The number of para-hydroxylation sites is 1. The Labute approximate surface area is 105 Å². The number of carbonyl (C=O) groups is 2. The Kier molecular flexibility index (Phi) is 4.69. The highest BCUT2D eigenvalue weighted by molar-refractivity contribution is 5.96. The quantitative estimate of drug-likeness (QED) is 0.825. The first-order chi connectivity index (χ1) is 8.58. The summed E-state index contributed by atoms with van der Waals surface area (Å²) in [6, 6.07) is 7.91. The zero-order valence-corrected chi connectivity index (χ0v) is 10.1. The molecule has 1 rings (SSSR count). The smallest absolute Gasteiger partial charge is 0.321 e. The third kappa shape index (κ3) is 3.49. The molecule has 0 aliphatic heterocycles. The molecule has 0 saturated heterocycles. The molecule has 2 N–H and O–H groups in total. The monoisotopic (exact) mass is 247 g/mol. The highest BCUT2D eigenvalue weighted by Crippen LogP contribution is 2.17. The molecule has 0 unspecified atom stereocenters. The minimum Gasteiger partial charge on any atom is -0.480 e. The topological polar surface area (TPSA) is 91.2 Å². The van der Waals surface area contributed by atoms with Gasteiger partial charge in [-0.05, 0) is 19.1 Å². The van der Waals surface area contributed by atoms with Crippen LogP contribution < -0.4 is 15.4 Å². The van der Waals surface area contributed by atoms with Crippen LogP contribution in [0.5, 0.6) is 5.75 Å². The van der Waals surface area contributed by atoms with Gasteiger partial charge in [0.2, 0.25) is 0 Å². The van der Waals surface area contributed by atoms with Crippen LogP contribution in [0.15, 0.2) is 24.3 Å². The summed E-state index contributed by atoms with van der Waals surface area (Å²) in [4.78, 5) is 22.5. The van der Waals surface area contributed by atoms with Gasteiger partial charge in [-0.1, -0.05) is 12.1 Å². The Bertz CT molecular complexity index is 494. The second-order valence-corrected chi connectivity index (χ2v) is 3.44. The van der Waals surface area contributed by atoms with Gasteiger partial charge in [-0.15, -0.1) is 0 Å². The molecule has 0 radical (unpaired) electrons. The average molecular weight is 247 g/mol. The molecule has 1 aromatic rings. The van der Waals surface area contributed by atoms with Crippen LogP contribution in [0.1, 0.15) is 12.5 Å². The van der Waals surface area contributed by atoms with Gasteiger partial charge in [0.25, 0.3) is 5.91 Å². The molecule has 0 fully saturated rings. The summed E-state index contributed by atoms with van der Waals surface area (Å²) in [7, 11) is 1.40. The summed E-state index contributed by atoms with van der Waals surface area (Å²) in [6.45, 7) is 1.49. The van der Waals surface area contributed by atoms with E-state index in [0.29, 0.717) is 11.3 Å². The van der Waals surface area contributed by atoms with Crippen LogP contribution in [0.3, 0.4) is 0 Å². The minimum absolute atomic E-state index is 0.305. The van der Waals surface area contributed by atoms with Gasteiger partial charge in [-0.3, -0.25) is 10.1 Å². The number of nitrogens with zero attached hydrogens (tertiary/aromatic N) is 1. The molecule has 0 aliphatic carbocycles. The number of nitrogens with one attached hydrogen (secondary N) is 2. The number of hydrogen-bond acceptors (Lipinski definition) is 4. The molecule has 0 aromatic heterocycles. The SMILES string of the molecule is CNC(=O)NC(=O)[C@H](C)Oc1ccccc1C#N. The Morgan fingerprint density at radius 1 is 1.39 bits per heavy atom. The molecular formula is C12H13N3O3. The first-order valence-corrected chi connectivity index (χ1v) is 5.27. The molecule has 0 aliphatic rings. The Balaban J connectivity index is 2.70. The molecule has 0 saturated carbocycles. The summed E-state index contributed by atoms with van der Waals surface area (Å²) in [6.07, 6.45) is -0.878. The van der Waals surface area contributed by atoms with Crippen LogP contribution in [-0.2, 0) is 4.79 Å². The van der Waals surface area contributed by atoms with Crippen molar-refractivity contribution in [1.29, 1.82) is 5.26 Å². The first kappa shape index (κ1) is 13.5. The van der Waals surface area contributed by atoms with E-state index in [4.69, 9.17) is 10.00 Å². The second-order valence-electron chi connectivity index (χ2n) is 3.44. The van der Waals surface area contributed by atoms with Gasteiger partial charge in [0.15, 0.2) is 6.10 Å². The number of rotatable bonds is 3. The predicted molar refractivity (Wildman–Crippen MR) is 63.8 cm³/mol. The lowest BCUT2D eigenvalue weighted by Crippen LogP contribution is -2.44. The fourth-order valence-corrected chi connectivity index (χ4v) is 1.18. The fraction of sp³-hybridized carbons (Fsp3) is 0.250. The van der Waals surface area contributed by atoms with Crippen molar-refractivity contribution in [3.8, 4) is 11.8 Å². The molecule has 0 heterocycles. The zero-order valence-electron chi connectivity index (χ0n) is 10.1. The van der Waals surface area contributed by atoms with E-state index in [0.717, 1.165) is 0 Å². The first-order valence-electron chi connectivity index (χ1n) is 5.27. The predicted octanol–water partition coefficient (Wildman–Crippen LogP) is 0.781. The highest BCUT2D eigenvalue weighted by atomic mass is 16.5. The van der Waals surface area contributed by atoms with Gasteiger partial charge < -0.3 is 10.1 Å². The van der Waals surface area contributed by atoms with Crippen molar-refractivity contribution in [2.24, 2.45) is 0 Å². The molecule has 0 spiro atoms. The van der Waals surface area contributed by atoms with Crippen LogP contribution in [0.4, 0.5) is 4.79 Å². The zero-order chi connectivity index (χ0) is 13.5. The Morgan fingerprint density at radius 2 is 2.06 bits per heavy atom. The maximum atomic E-state index is 11.5. The summed E-state index contributed by atoms with van der Waals surface area (Å²) < 4.78 is 5.33. The molecule has 18 heavy (non-hydrogen) atoms. The van der Waals surface area contributed by atoms with E-state index in [9.17, 15) is 9.59 Å². The molecule has 1 atom stereocenters. The van der Waals surface area contributed by atoms with E-state index in [1.807, 2.05) is 6.07 Å². The summed E-state index contributed by atoms with van der Waals surface area (Å²) in [5, 5.41) is 13.2. The lowest BCUT2D eigenvalue weighted by Gasteiger charge is -2.14. The Hall–Kier alpha value is -2.55. The minimum atomic E-state index is -0.878. The number of amides is 3. The van der Waals surface area contributed by atoms with Crippen LogP contribution in [0, 0.1) is 11.3 Å². The molecule has 6 heteroatoms. The van der Waals surface area contributed by atoms with E-state index in [-0.39, 0.29) is 0 Å². The fourth-order valence-electron chi connectivity index (χ4n) is 1.18. The van der Waals surface area contributed by atoms with Gasteiger partial charge in [0, 0.05) is 7.05 Å². The third-order valence-corrected chi connectivity index (χ3v) is 2.14. The lowest BCUT2D eigenvalue weighted by molar-refractivity contribution is -0.126. The lowest BCUT2D eigenvalue weighted by atomic mass is 10.2. The van der Waals surface area contributed by atoms with Crippen LogP contribution >= 0.6 is 0 Å². The largest absolute Gasteiger partial charge is 0.480 e. The standard InChI is InChI=1S/C12H13N3O3/c1-8(11(16)15-12(17)14-2)18-10-6-4-3-5-9(10)7-13/h3-6,8H,1-2H3,(H2,14,15,16,17)/t8-/m0/s1. The number of imide groups is 1. The number of carbonyl (C=O) groups excluding carboxylic acids is 2. The summed E-state index contributed by atoms with van der Waals surface area (Å²) >= 11 is 0.